The van der Waals surface area contributed by atoms with Crippen molar-refractivity contribution in [2.24, 2.45) is 5.73 Å². The predicted octanol–water partition coefficient (Wildman–Crippen LogP) is 3.81. The fourth-order valence-electron chi connectivity index (χ4n) is 1.62. The third kappa shape index (κ3) is 4.05. The molecule has 0 atom stereocenters. The zero-order valence-electron chi connectivity index (χ0n) is 10.7. The Bertz CT molecular complexity index is 487. The number of rotatable bonds is 3. The van der Waals surface area contributed by atoms with E-state index in [0.29, 0.717) is 10.0 Å². The molecule has 0 bridgehead atoms. The average Bonchev–Trinajstić information content (AvgIpc) is 2.18. The Morgan fingerprint density at radius 3 is 2.26 bits per heavy atom. The van der Waals surface area contributed by atoms with Crippen LogP contribution in [0.1, 0.15) is 26.3 Å². The maximum Gasteiger partial charge on any atom is 0.410 e. The average molecular weight is 338 g/mol. The van der Waals surface area contributed by atoms with E-state index in [1.54, 1.807) is 0 Å². The fourth-order valence-corrected chi connectivity index (χ4v) is 2.62. The molecule has 0 saturated heterocycles. The van der Waals surface area contributed by atoms with Crippen molar-refractivity contribution in [1.82, 2.24) is 0 Å². The molecule has 1 aromatic rings. The van der Waals surface area contributed by atoms with E-state index in [1.165, 1.54) is 12.1 Å². The minimum atomic E-state index is -2.93. The Morgan fingerprint density at radius 1 is 1.32 bits per heavy atom. The molecule has 1 rings (SSSR count). The molecular weight excluding hydrogens is 324 g/mol. The van der Waals surface area contributed by atoms with Crippen LogP contribution in [0.2, 0.25) is 0 Å². The van der Waals surface area contributed by atoms with Gasteiger partial charge in [0.05, 0.1) is 4.47 Å². The first-order valence-corrected chi connectivity index (χ1v) is 6.17. The summed E-state index contributed by atoms with van der Waals surface area (Å²) in [4.78, 5) is 10.8. The molecule has 19 heavy (non-hydrogen) atoms. The van der Waals surface area contributed by atoms with Crippen molar-refractivity contribution in [3.05, 3.63) is 22.2 Å². The second-order valence-electron chi connectivity index (χ2n) is 4.80. The van der Waals surface area contributed by atoms with Gasteiger partial charge in [0, 0.05) is 5.56 Å². The van der Waals surface area contributed by atoms with Crippen LogP contribution in [0.25, 0.3) is 0 Å². The molecule has 0 unspecified atom stereocenters. The van der Waals surface area contributed by atoms with Crippen LogP contribution in [-0.2, 0) is 5.41 Å². The van der Waals surface area contributed by atoms with Gasteiger partial charge in [-0.05, 0) is 33.5 Å². The highest BCUT2D eigenvalue weighted by Gasteiger charge is 2.26. The van der Waals surface area contributed by atoms with Gasteiger partial charge in [0.25, 0.3) is 0 Å². The number of amides is 1. The Kier molecular flexibility index (Phi) is 4.73. The highest BCUT2D eigenvalue weighted by Crippen LogP contribution is 2.42. The van der Waals surface area contributed by atoms with Crippen molar-refractivity contribution < 1.29 is 23.0 Å². The van der Waals surface area contributed by atoms with Crippen molar-refractivity contribution in [3.63, 3.8) is 0 Å². The summed E-state index contributed by atoms with van der Waals surface area (Å²) in [7, 11) is 0. The van der Waals surface area contributed by atoms with Gasteiger partial charge in [-0.2, -0.15) is 8.78 Å². The summed E-state index contributed by atoms with van der Waals surface area (Å²) in [6.45, 7) is 2.52. The first-order chi connectivity index (χ1) is 8.62. The molecule has 0 aliphatic heterocycles. The van der Waals surface area contributed by atoms with E-state index >= 15 is 0 Å². The van der Waals surface area contributed by atoms with Gasteiger partial charge in [0.1, 0.15) is 11.5 Å². The van der Waals surface area contributed by atoms with Gasteiger partial charge in [-0.25, -0.2) is 4.79 Å². The molecule has 106 valence electrons. The number of hydrogen-bond donors (Lipinski definition) is 1. The molecule has 0 aromatic heterocycles. The van der Waals surface area contributed by atoms with Crippen LogP contribution in [0.5, 0.6) is 11.5 Å². The quantitative estimate of drug-likeness (QED) is 0.912. The van der Waals surface area contributed by atoms with Crippen molar-refractivity contribution >= 4 is 22.0 Å². The lowest BCUT2D eigenvalue weighted by Crippen LogP contribution is -2.19. The van der Waals surface area contributed by atoms with Crippen LogP contribution in [-0.4, -0.2) is 12.7 Å². The van der Waals surface area contributed by atoms with E-state index < -0.39 is 18.1 Å². The number of primary amides is 1. The van der Waals surface area contributed by atoms with E-state index in [1.807, 2.05) is 20.8 Å². The van der Waals surface area contributed by atoms with Gasteiger partial charge in [-0.1, -0.05) is 20.8 Å². The number of carbonyl (C=O) groups is 1. The standard InChI is InChI=1S/C12H14BrF2NO3/c1-12(2,3)8-6(18-10(14)15)4-5-7(9(8)13)19-11(16)17/h4-5,10H,1-3H3,(H2,16,17). The zero-order valence-corrected chi connectivity index (χ0v) is 12.3. The molecule has 0 heterocycles. The Hall–Kier alpha value is -1.37. The summed E-state index contributed by atoms with van der Waals surface area (Å²) in [5, 5.41) is 0. The van der Waals surface area contributed by atoms with E-state index in [4.69, 9.17) is 10.5 Å². The molecule has 0 aliphatic rings. The molecule has 4 nitrogen and oxygen atoms in total. The summed E-state index contributed by atoms with van der Waals surface area (Å²) in [6, 6.07) is 2.65. The molecular formula is C12H14BrF2NO3. The smallest absolute Gasteiger partial charge is 0.410 e. The molecule has 1 amide bonds. The molecule has 7 heteroatoms. The van der Waals surface area contributed by atoms with Crippen LogP contribution < -0.4 is 15.2 Å². The molecule has 0 saturated carbocycles. The van der Waals surface area contributed by atoms with E-state index in [9.17, 15) is 13.6 Å². The first kappa shape index (κ1) is 15.7. The van der Waals surface area contributed by atoms with Crippen molar-refractivity contribution in [1.29, 1.82) is 0 Å². The molecule has 2 N–H and O–H groups in total. The van der Waals surface area contributed by atoms with Crippen LogP contribution >= 0.6 is 15.9 Å². The number of alkyl halides is 2. The molecule has 0 fully saturated rings. The van der Waals surface area contributed by atoms with Crippen LogP contribution in [0.4, 0.5) is 13.6 Å². The van der Waals surface area contributed by atoms with Gasteiger partial charge in [-0.3, -0.25) is 0 Å². The highest BCUT2D eigenvalue weighted by molar-refractivity contribution is 9.10. The number of carbonyl (C=O) groups excluding carboxylic acids is 1. The van der Waals surface area contributed by atoms with Crippen molar-refractivity contribution in [3.8, 4) is 11.5 Å². The lowest BCUT2D eigenvalue weighted by molar-refractivity contribution is -0.0509. The third-order valence-electron chi connectivity index (χ3n) is 2.24. The Labute approximate surface area is 118 Å². The maximum atomic E-state index is 12.4. The third-order valence-corrected chi connectivity index (χ3v) is 3.03. The van der Waals surface area contributed by atoms with Gasteiger partial charge < -0.3 is 15.2 Å². The lowest BCUT2D eigenvalue weighted by atomic mass is 9.86. The van der Waals surface area contributed by atoms with Crippen molar-refractivity contribution in [2.45, 2.75) is 32.8 Å². The monoisotopic (exact) mass is 337 g/mol. The minimum absolute atomic E-state index is 0.0196. The Balaban J connectivity index is 3.36. The molecule has 1 aromatic carbocycles. The topological polar surface area (TPSA) is 61.6 Å². The number of halogens is 3. The van der Waals surface area contributed by atoms with Gasteiger partial charge in [0.2, 0.25) is 0 Å². The van der Waals surface area contributed by atoms with Crippen LogP contribution in [0.3, 0.4) is 0 Å². The number of ether oxygens (including phenoxy) is 2. The van der Waals surface area contributed by atoms with Gasteiger partial charge in [-0.15, -0.1) is 0 Å². The number of benzene rings is 1. The van der Waals surface area contributed by atoms with Gasteiger partial charge in [0.15, 0.2) is 0 Å². The number of hydrogen-bond acceptors (Lipinski definition) is 3. The maximum absolute atomic E-state index is 12.4. The molecule has 0 radical (unpaired) electrons. The van der Waals surface area contributed by atoms with Gasteiger partial charge >= 0.3 is 12.7 Å². The van der Waals surface area contributed by atoms with Crippen molar-refractivity contribution in [2.75, 3.05) is 0 Å². The largest absolute Gasteiger partial charge is 0.434 e. The molecule has 0 aliphatic carbocycles. The zero-order chi connectivity index (χ0) is 14.8. The lowest BCUT2D eigenvalue weighted by Gasteiger charge is -2.25. The summed E-state index contributed by atoms with van der Waals surface area (Å²) in [6.07, 6.45) is -0.983. The number of nitrogens with two attached hydrogens (primary N) is 1. The SMILES string of the molecule is CC(C)(C)c1c(OC(F)F)ccc(OC(N)=O)c1Br. The normalized spacial score (nSPS) is 11.5. The highest BCUT2D eigenvalue weighted by atomic mass is 79.9. The van der Waals surface area contributed by atoms with Crippen LogP contribution in [0, 0.1) is 0 Å². The minimum Gasteiger partial charge on any atom is -0.434 e. The van der Waals surface area contributed by atoms with E-state index in [0.717, 1.165) is 0 Å². The second-order valence-corrected chi connectivity index (χ2v) is 5.59. The van der Waals surface area contributed by atoms with E-state index in [2.05, 4.69) is 20.7 Å². The Morgan fingerprint density at radius 2 is 1.84 bits per heavy atom. The summed E-state index contributed by atoms with van der Waals surface area (Å²) < 4.78 is 34.4. The summed E-state index contributed by atoms with van der Waals surface area (Å²) in [5.74, 6) is 0.172. The first-order valence-electron chi connectivity index (χ1n) is 5.38. The van der Waals surface area contributed by atoms with Crippen LogP contribution in [0.15, 0.2) is 16.6 Å². The molecule has 0 spiro atoms. The van der Waals surface area contributed by atoms with E-state index in [-0.39, 0.29) is 11.5 Å². The summed E-state index contributed by atoms with van der Waals surface area (Å²) in [5.41, 5.74) is 4.90. The summed E-state index contributed by atoms with van der Waals surface area (Å²) >= 11 is 3.23. The fraction of sp³-hybridized carbons (Fsp3) is 0.417. The second kappa shape index (κ2) is 5.73. The predicted molar refractivity (Wildman–Crippen MR) is 69.7 cm³/mol.